The number of hydrogen-bond acceptors (Lipinski definition) is 4. The average molecular weight is 261 g/mol. The first kappa shape index (κ1) is 13.1. The van der Waals surface area contributed by atoms with E-state index in [1.807, 2.05) is 24.3 Å². The van der Waals surface area contributed by atoms with Crippen LogP contribution in [0.1, 0.15) is 12.7 Å². The van der Waals surface area contributed by atoms with Crippen LogP contribution in [0.4, 0.5) is 0 Å². The number of esters is 1. The minimum atomic E-state index is -0.846. The van der Waals surface area contributed by atoms with Crippen LogP contribution >= 0.6 is 0 Å². The summed E-state index contributed by atoms with van der Waals surface area (Å²) in [6.07, 6.45) is 0. The molecule has 0 aliphatic carbocycles. The predicted octanol–water partition coefficient (Wildman–Crippen LogP) is 1.08. The van der Waals surface area contributed by atoms with E-state index in [0.29, 0.717) is 5.82 Å². The summed E-state index contributed by atoms with van der Waals surface area (Å²) in [4.78, 5) is 31.7. The van der Waals surface area contributed by atoms with Crippen LogP contribution < -0.4 is 0 Å². The number of benzene rings is 1. The third kappa shape index (κ3) is 2.90. The third-order valence-corrected chi connectivity index (χ3v) is 2.62. The van der Waals surface area contributed by atoms with Gasteiger partial charge >= 0.3 is 11.9 Å². The van der Waals surface area contributed by atoms with Crippen LogP contribution in [0.2, 0.25) is 0 Å². The highest BCUT2D eigenvalue weighted by Gasteiger charge is 2.20. The Hall–Kier alpha value is -2.37. The maximum atomic E-state index is 11.7. The lowest BCUT2D eigenvalue weighted by Gasteiger charge is -2.13. The van der Waals surface area contributed by atoms with Crippen LogP contribution in [0, 0.1) is 0 Å². The molecule has 1 heterocycles. The lowest BCUT2D eigenvalue weighted by Crippen LogP contribution is -2.34. The maximum Gasteiger partial charge on any atom is 0.397 e. The highest BCUT2D eigenvalue weighted by atomic mass is 16.5. The van der Waals surface area contributed by atoms with Crippen molar-refractivity contribution in [2.75, 3.05) is 13.7 Å². The minimum absolute atomic E-state index is 0.184. The van der Waals surface area contributed by atoms with Gasteiger partial charge in [-0.3, -0.25) is 4.79 Å². The lowest BCUT2D eigenvalue weighted by atomic mass is 10.3. The van der Waals surface area contributed by atoms with E-state index in [9.17, 15) is 9.59 Å². The van der Waals surface area contributed by atoms with Crippen LogP contribution in [0.25, 0.3) is 11.0 Å². The topological polar surface area (TPSA) is 75.3 Å². The Morgan fingerprint density at radius 3 is 2.79 bits per heavy atom. The molecule has 1 aromatic carbocycles. The van der Waals surface area contributed by atoms with Gasteiger partial charge in [-0.05, 0) is 19.1 Å². The molecule has 1 aromatic heterocycles. The van der Waals surface area contributed by atoms with E-state index in [0.717, 1.165) is 11.0 Å². The highest BCUT2D eigenvalue weighted by molar-refractivity contribution is 6.32. The van der Waals surface area contributed by atoms with Gasteiger partial charge in [0, 0.05) is 7.05 Å². The number of likely N-dealkylation sites (N-methyl/N-ethyl adjacent to an activating group) is 1. The molecule has 0 saturated heterocycles. The van der Waals surface area contributed by atoms with Crippen LogP contribution in [-0.2, 0) is 20.9 Å². The van der Waals surface area contributed by atoms with Crippen LogP contribution in [0.3, 0.4) is 0 Å². The van der Waals surface area contributed by atoms with Crippen LogP contribution in [0.5, 0.6) is 0 Å². The maximum absolute atomic E-state index is 11.7. The molecule has 100 valence electrons. The Morgan fingerprint density at radius 2 is 2.11 bits per heavy atom. The van der Waals surface area contributed by atoms with Gasteiger partial charge in [-0.1, -0.05) is 12.1 Å². The van der Waals surface area contributed by atoms with Crippen molar-refractivity contribution in [3.63, 3.8) is 0 Å². The second kappa shape index (κ2) is 5.51. The van der Waals surface area contributed by atoms with Crippen LogP contribution in [0.15, 0.2) is 24.3 Å². The summed E-state index contributed by atoms with van der Waals surface area (Å²) in [6, 6.07) is 7.57. The smallest absolute Gasteiger partial charge is 0.397 e. The number of rotatable bonds is 3. The summed E-state index contributed by atoms with van der Waals surface area (Å²) in [5.41, 5.74) is 1.73. The second-order valence-corrected chi connectivity index (χ2v) is 4.08. The summed E-state index contributed by atoms with van der Waals surface area (Å²) in [7, 11) is 1.53. The molecule has 0 aliphatic heterocycles. The van der Waals surface area contributed by atoms with Crippen molar-refractivity contribution in [3.05, 3.63) is 30.1 Å². The number of para-hydroxylation sites is 2. The SMILES string of the molecule is CCOC(=O)C(=O)N(C)Cc1nc2ccccc2[nH]1. The zero-order chi connectivity index (χ0) is 13.8. The number of hydrogen-bond donors (Lipinski definition) is 1. The summed E-state index contributed by atoms with van der Waals surface area (Å²) in [6.45, 7) is 2.07. The molecule has 0 aliphatic rings. The molecule has 2 rings (SSSR count). The van der Waals surface area contributed by atoms with Crippen molar-refractivity contribution in [2.24, 2.45) is 0 Å². The Bertz CT molecular complexity index is 573. The molecule has 0 atom stereocenters. The van der Waals surface area contributed by atoms with Gasteiger partial charge in [0.15, 0.2) is 0 Å². The molecule has 6 nitrogen and oxygen atoms in total. The van der Waals surface area contributed by atoms with Crippen molar-refractivity contribution in [1.82, 2.24) is 14.9 Å². The second-order valence-electron chi connectivity index (χ2n) is 4.08. The van der Waals surface area contributed by atoms with Crippen molar-refractivity contribution in [2.45, 2.75) is 13.5 Å². The number of aromatic nitrogens is 2. The number of aromatic amines is 1. The van der Waals surface area contributed by atoms with Crippen molar-refractivity contribution in [1.29, 1.82) is 0 Å². The van der Waals surface area contributed by atoms with E-state index in [1.165, 1.54) is 11.9 Å². The molecule has 0 radical (unpaired) electrons. The number of ether oxygens (including phenoxy) is 1. The molecular weight excluding hydrogens is 246 g/mol. The molecule has 0 spiro atoms. The van der Waals surface area contributed by atoms with Gasteiger partial charge in [-0.15, -0.1) is 0 Å². The van der Waals surface area contributed by atoms with Gasteiger partial charge < -0.3 is 14.6 Å². The zero-order valence-electron chi connectivity index (χ0n) is 10.8. The fourth-order valence-corrected chi connectivity index (χ4v) is 1.73. The Kier molecular flexibility index (Phi) is 3.79. The molecule has 0 fully saturated rings. The summed E-state index contributed by atoms with van der Waals surface area (Å²) in [5, 5.41) is 0. The first-order valence-corrected chi connectivity index (χ1v) is 5.97. The largest absolute Gasteiger partial charge is 0.459 e. The molecule has 1 N–H and O–H groups in total. The third-order valence-electron chi connectivity index (χ3n) is 2.62. The number of amides is 1. The minimum Gasteiger partial charge on any atom is -0.459 e. The quantitative estimate of drug-likeness (QED) is 0.662. The number of nitrogens with zero attached hydrogens (tertiary/aromatic N) is 2. The van der Waals surface area contributed by atoms with E-state index in [1.54, 1.807) is 6.92 Å². The van der Waals surface area contributed by atoms with Gasteiger partial charge in [-0.25, -0.2) is 9.78 Å². The van der Waals surface area contributed by atoms with Crippen molar-refractivity contribution < 1.29 is 14.3 Å². The number of fused-ring (bicyclic) bond motifs is 1. The Labute approximate surface area is 110 Å². The number of carbonyl (C=O) groups is 2. The molecular formula is C13H15N3O3. The molecule has 6 heteroatoms. The molecule has 0 saturated carbocycles. The average Bonchev–Trinajstić information content (AvgIpc) is 2.80. The number of carbonyl (C=O) groups excluding carboxylic acids is 2. The van der Waals surface area contributed by atoms with Gasteiger partial charge in [-0.2, -0.15) is 0 Å². The monoisotopic (exact) mass is 261 g/mol. The molecule has 0 unspecified atom stereocenters. The summed E-state index contributed by atoms with van der Waals surface area (Å²) in [5.74, 6) is -0.898. The fraction of sp³-hybridized carbons (Fsp3) is 0.308. The molecule has 0 bridgehead atoms. The molecule has 2 aromatic rings. The standard InChI is InChI=1S/C13H15N3O3/c1-3-19-13(18)12(17)16(2)8-11-14-9-6-4-5-7-10(9)15-11/h4-7H,3,8H2,1-2H3,(H,14,15). The first-order chi connectivity index (χ1) is 9.11. The van der Waals surface area contributed by atoms with Gasteiger partial charge in [0.1, 0.15) is 5.82 Å². The van der Waals surface area contributed by atoms with Crippen molar-refractivity contribution in [3.8, 4) is 0 Å². The van der Waals surface area contributed by atoms with Crippen LogP contribution in [-0.4, -0.2) is 40.4 Å². The van der Waals surface area contributed by atoms with Gasteiger partial charge in [0.25, 0.3) is 0 Å². The Balaban J connectivity index is 2.08. The molecule has 19 heavy (non-hydrogen) atoms. The highest BCUT2D eigenvalue weighted by Crippen LogP contribution is 2.11. The van der Waals surface area contributed by atoms with E-state index in [2.05, 4.69) is 14.7 Å². The predicted molar refractivity (Wildman–Crippen MR) is 69.2 cm³/mol. The number of H-pyrrole nitrogens is 1. The Morgan fingerprint density at radius 1 is 1.37 bits per heavy atom. The molecule has 1 amide bonds. The van der Waals surface area contributed by atoms with E-state index in [4.69, 9.17) is 0 Å². The van der Waals surface area contributed by atoms with Gasteiger partial charge in [0.05, 0.1) is 24.2 Å². The van der Waals surface area contributed by atoms with E-state index >= 15 is 0 Å². The summed E-state index contributed by atoms with van der Waals surface area (Å²) >= 11 is 0. The van der Waals surface area contributed by atoms with Gasteiger partial charge in [0.2, 0.25) is 0 Å². The fourth-order valence-electron chi connectivity index (χ4n) is 1.73. The van der Waals surface area contributed by atoms with E-state index in [-0.39, 0.29) is 13.2 Å². The van der Waals surface area contributed by atoms with Crippen molar-refractivity contribution >= 4 is 22.9 Å². The normalized spacial score (nSPS) is 10.4. The summed E-state index contributed by atoms with van der Waals surface area (Å²) < 4.78 is 4.66. The first-order valence-electron chi connectivity index (χ1n) is 5.97. The number of nitrogens with one attached hydrogen (secondary N) is 1. The lowest BCUT2D eigenvalue weighted by molar-refractivity contribution is -0.159. The van der Waals surface area contributed by atoms with E-state index < -0.39 is 11.9 Å². The number of imidazole rings is 1. The zero-order valence-corrected chi connectivity index (χ0v) is 10.8.